The maximum Gasteiger partial charge on any atom is 0.259 e. The smallest absolute Gasteiger partial charge is 0.259 e. The van der Waals surface area contributed by atoms with Crippen molar-refractivity contribution < 1.29 is 14.3 Å². The standard InChI is InChI=1S/C18H17Cl2N3O3/c1-2-26-16-6-4-3-5-12(16)10-22-23-17(24)11-21-18(25)14-9-13(19)7-8-15(14)20/h3-10H,2,11H2,1H3,(H,21,25)(H,23,24)/b22-10+. The lowest BCUT2D eigenvalue weighted by Gasteiger charge is -2.07. The van der Waals surface area contributed by atoms with Gasteiger partial charge in [-0.3, -0.25) is 9.59 Å². The van der Waals surface area contributed by atoms with Crippen LogP contribution in [0.3, 0.4) is 0 Å². The molecule has 0 saturated heterocycles. The van der Waals surface area contributed by atoms with Crippen LogP contribution in [-0.4, -0.2) is 31.2 Å². The first-order valence-corrected chi connectivity index (χ1v) is 8.54. The third-order valence-corrected chi connectivity index (χ3v) is 3.76. The highest BCUT2D eigenvalue weighted by molar-refractivity contribution is 6.35. The first-order valence-electron chi connectivity index (χ1n) is 7.78. The minimum atomic E-state index is -0.502. The fraction of sp³-hybridized carbons (Fsp3) is 0.167. The predicted octanol–water partition coefficient (Wildman–Crippen LogP) is 3.27. The molecule has 0 aromatic heterocycles. The van der Waals surface area contributed by atoms with E-state index in [1.165, 1.54) is 18.3 Å². The molecule has 0 bridgehead atoms. The summed E-state index contributed by atoms with van der Waals surface area (Å²) in [6.45, 7) is 2.14. The molecule has 0 aliphatic carbocycles. The van der Waals surface area contributed by atoms with Crippen molar-refractivity contribution >= 4 is 41.2 Å². The normalized spacial score (nSPS) is 10.6. The van der Waals surface area contributed by atoms with Gasteiger partial charge in [-0.25, -0.2) is 5.43 Å². The molecule has 0 atom stereocenters. The fourth-order valence-electron chi connectivity index (χ4n) is 2.01. The molecule has 0 aliphatic rings. The molecule has 0 saturated carbocycles. The number of hydrazone groups is 1. The summed E-state index contributed by atoms with van der Waals surface area (Å²) < 4.78 is 5.46. The van der Waals surface area contributed by atoms with E-state index in [1.807, 2.05) is 31.2 Å². The SMILES string of the molecule is CCOc1ccccc1/C=N/NC(=O)CNC(=O)c1cc(Cl)ccc1Cl. The lowest BCUT2D eigenvalue weighted by atomic mass is 10.2. The van der Waals surface area contributed by atoms with E-state index in [1.54, 1.807) is 6.07 Å². The minimum absolute atomic E-state index is 0.195. The maximum atomic E-state index is 12.0. The van der Waals surface area contributed by atoms with Crippen LogP contribution in [0.15, 0.2) is 47.6 Å². The Morgan fingerprint density at radius 2 is 1.96 bits per heavy atom. The van der Waals surface area contributed by atoms with Crippen molar-refractivity contribution in [3.05, 3.63) is 63.6 Å². The largest absolute Gasteiger partial charge is 0.493 e. The molecule has 2 N–H and O–H groups in total. The van der Waals surface area contributed by atoms with E-state index >= 15 is 0 Å². The number of ether oxygens (including phenoxy) is 1. The summed E-state index contributed by atoms with van der Waals surface area (Å²) in [6, 6.07) is 11.8. The Hall–Kier alpha value is -2.57. The monoisotopic (exact) mass is 393 g/mol. The summed E-state index contributed by atoms with van der Waals surface area (Å²) in [5, 5.41) is 6.94. The molecular formula is C18H17Cl2N3O3. The van der Waals surface area contributed by atoms with Gasteiger partial charge in [-0.15, -0.1) is 0 Å². The van der Waals surface area contributed by atoms with Crippen LogP contribution in [0.25, 0.3) is 0 Å². The van der Waals surface area contributed by atoms with Crippen LogP contribution in [0.4, 0.5) is 0 Å². The summed E-state index contributed by atoms with van der Waals surface area (Å²) >= 11 is 11.8. The molecule has 0 unspecified atom stereocenters. The number of halogens is 2. The molecule has 8 heteroatoms. The zero-order valence-electron chi connectivity index (χ0n) is 14.0. The third-order valence-electron chi connectivity index (χ3n) is 3.19. The molecule has 2 amide bonds. The molecule has 2 aromatic carbocycles. The Kier molecular flexibility index (Phi) is 7.44. The highest BCUT2D eigenvalue weighted by Crippen LogP contribution is 2.20. The molecule has 2 aromatic rings. The number of hydrogen-bond donors (Lipinski definition) is 2. The first-order chi connectivity index (χ1) is 12.5. The summed E-state index contributed by atoms with van der Waals surface area (Å²) in [4.78, 5) is 23.8. The topological polar surface area (TPSA) is 79.8 Å². The van der Waals surface area contributed by atoms with Gasteiger partial charge in [0.15, 0.2) is 0 Å². The molecule has 26 heavy (non-hydrogen) atoms. The van der Waals surface area contributed by atoms with Gasteiger partial charge in [-0.2, -0.15) is 5.10 Å². The van der Waals surface area contributed by atoms with Gasteiger partial charge in [0.2, 0.25) is 0 Å². The highest BCUT2D eigenvalue weighted by atomic mass is 35.5. The summed E-state index contributed by atoms with van der Waals surface area (Å²) in [7, 11) is 0. The van der Waals surface area contributed by atoms with Crippen LogP contribution < -0.4 is 15.5 Å². The van der Waals surface area contributed by atoms with Gasteiger partial charge in [-0.05, 0) is 37.3 Å². The molecule has 0 heterocycles. The fourth-order valence-corrected chi connectivity index (χ4v) is 2.39. The number of nitrogens with one attached hydrogen (secondary N) is 2. The zero-order chi connectivity index (χ0) is 18.9. The van der Waals surface area contributed by atoms with Crippen molar-refractivity contribution in [3.63, 3.8) is 0 Å². The predicted molar refractivity (Wildman–Crippen MR) is 102 cm³/mol. The van der Waals surface area contributed by atoms with Gasteiger partial charge in [-0.1, -0.05) is 35.3 Å². The van der Waals surface area contributed by atoms with Gasteiger partial charge in [0.05, 0.1) is 30.0 Å². The van der Waals surface area contributed by atoms with E-state index in [2.05, 4.69) is 15.8 Å². The first kappa shape index (κ1) is 19.8. The quantitative estimate of drug-likeness (QED) is 0.559. The number of para-hydroxylation sites is 1. The van der Waals surface area contributed by atoms with E-state index in [0.29, 0.717) is 17.4 Å². The lowest BCUT2D eigenvalue weighted by Crippen LogP contribution is -2.35. The van der Waals surface area contributed by atoms with Crippen LogP contribution in [-0.2, 0) is 4.79 Å². The molecule has 6 nitrogen and oxygen atoms in total. The Morgan fingerprint density at radius 3 is 2.73 bits per heavy atom. The Labute approximate surface area is 161 Å². The van der Waals surface area contributed by atoms with Crippen molar-refractivity contribution in [2.45, 2.75) is 6.92 Å². The summed E-state index contributed by atoms with van der Waals surface area (Å²) in [5.41, 5.74) is 3.26. The summed E-state index contributed by atoms with van der Waals surface area (Å²) in [5.74, 6) is -0.322. The average molecular weight is 394 g/mol. The highest BCUT2D eigenvalue weighted by Gasteiger charge is 2.12. The van der Waals surface area contributed by atoms with E-state index in [4.69, 9.17) is 27.9 Å². The van der Waals surface area contributed by atoms with Crippen LogP contribution in [0.5, 0.6) is 5.75 Å². The second-order valence-corrected chi connectivity index (χ2v) is 5.91. The molecule has 0 fully saturated rings. The van der Waals surface area contributed by atoms with Crippen molar-refractivity contribution in [2.75, 3.05) is 13.2 Å². The lowest BCUT2D eigenvalue weighted by molar-refractivity contribution is -0.120. The maximum absolute atomic E-state index is 12.0. The van der Waals surface area contributed by atoms with Gasteiger partial charge < -0.3 is 10.1 Å². The minimum Gasteiger partial charge on any atom is -0.493 e. The Balaban J connectivity index is 1.87. The van der Waals surface area contributed by atoms with Crippen molar-refractivity contribution in [2.24, 2.45) is 5.10 Å². The molecule has 0 aliphatic heterocycles. The van der Waals surface area contributed by atoms with Gasteiger partial charge in [0.1, 0.15) is 5.75 Å². The Bertz CT molecular complexity index is 825. The van der Waals surface area contributed by atoms with Crippen LogP contribution in [0.1, 0.15) is 22.8 Å². The van der Waals surface area contributed by atoms with E-state index in [0.717, 1.165) is 5.56 Å². The van der Waals surface area contributed by atoms with Crippen LogP contribution in [0.2, 0.25) is 10.0 Å². The number of benzene rings is 2. The van der Waals surface area contributed by atoms with Crippen molar-refractivity contribution in [1.82, 2.24) is 10.7 Å². The third kappa shape index (κ3) is 5.75. The molecular weight excluding hydrogens is 377 g/mol. The van der Waals surface area contributed by atoms with Gasteiger partial charge in [0, 0.05) is 10.6 Å². The number of nitrogens with zero attached hydrogens (tertiary/aromatic N) is 1. The molecule has 136 valence electrons. The Morgan fingerprint density at radius 1 is 1.19 bits per heavy atom. The number of carbonyl (C=O) groups excluding carboxylic acids is 2. The second kappa shape index (κ2) is 9.79. The van der Waals surface area contributed by atoms with E-state index < -0.39 is 11.8 Å². The molecule has 2 rings (SSSR count). The van der Waals surface area contributed by atoms with E-state index in [-0.39, 0.29) is 17.1 Å². The number of rotatable bonds is 7. The number of amides is 2. The van der Waals surface area contributed by atoms with E-state index in [9.17, 15) is 9.59 Å². The van der Waals surface area contributed by atoms with Crippen LogP contribution >= 0.6 is 23.2 Å². The average Bonchev–Trinajstić information content (AvgIpc) is 2.63. The van der Waals surface area contributed by atoms with Gasteiger partial charge >= 0.3 is 0 Å². The molecule has 0 spiro atoms. The second-order valence-electron chi connectivity index (χ2n) is 5.07. The number of carbonyl (C=O) groups is 2. The molecule has 0 radical (unpaired) electrons. The summed E-state index contributed by atoms with van der Waals surface area (Å²) in [6.07, 6.45) is 1.47. The zero-order valence-corrected chi connectivity index (χ0v) is 15.5. The van der Waals surface area contributed by atoms with Crippen molar-refractivity contribution in [3.8, 4) is 5.75 Å². The van der Waals surface area contributed by atoms with Crippen LogP contribution in [0, 0.1) is 0 Å². The number of hydrogen-bond acceptors (Lipinski definition) is 4. The van der Waals surface area contributed by atoms with Crippen molar-refractivity contribution in [1.29, 1.82) is 0 Å². The van der Waals surface area contributed by atoms with Gasteiger partial charge in [0.25, 0.3) is 11.8 Å².